The summed E-state index contributed by atoms with van der Waals surface area (Å²) in [5, 5.41) is 12.5. The maximum absolute atomic E-state index is 12.1. The Hall–Kier alpha value is -1.55. The third-order valence-corrected chi connectivity index (χ3v) is 3.58. The first kappa shape index (κ1) is 13.9. The van der Waals surface area contributed by atoms with Crippen molar-refractivity contribution in [1.82, 2.24) is 5.32 Å². The molecule has 1 aromatic carbocycles. The number of anilines is 1. The summed E-state index contributed by atoms with van der Waals surface area (Å²) in [5.41, 5.74) is 3.36. The number of aliphatic hydroxyl groups excluding tert-OH is 1. The molecule has 1 aliphatic rings. The molecule has 0 spiro atoms. The first-order valence-electron chi connectivity index (χ1n) is 6.77. The van der Waals surface area contributed by atoms with Gasteiger partial charge in [0.05, 0.1) is 6.61 Å². The largest absolute Gasteiger partial charge is 0.394 e. The summed E-state index contributed by atoms with van der Waals surface area (Å²) >= 11 is 0. The molecule has 104 valence electrons. The average Bonchev–Trinajstić information content (AvgIpc) is 2.46. The average molecular weight is 262 g/mol. The third-order valence-electron chi connectivity index (χ3n) is 3.58. The molecule has 0 radical (unpaired) electrons. The van der Waals surface area contributed by atoms with Gasteiger partial charge in [-0.25, -0.2) is 0 Å². The second kappa shape index (κ2) is 5.61. The van der Waals surface area contributed by atoms with E-state index in [0.29, 0.717) is 0 Å². The normalized spacial score (nSPS) is 24.0. The molecule has 1 amide bonds. The third kappa shape index (κ3) is 3.07. The van der Waals surface area contributed by atoms with Crippen LogP contribution in [0.5, 0.6) is 0 Å². The van der Waals surface area contributed by atoms with Gasteiger partial charge in [0.1, 0.15) is 6.04 Å². The van der Waals surface area contributed by atoms with Gasteiger partial charge in [-0.2, -0.15) is 0 Å². The van der Waals surface area contributed by atoms with Gasteiger partial charge in [-0.3, -0.25) is 4.79 Å². The molecule has 0 bridgehead atoms. The predicted octanol–water partition coefficient (Wildman–Crippen LogP) is 1.38. The molecular formula is C15H22N2O2. The van der Waals surface area contributed by atoms with E-state index in [-0.39, 0.29) is 18.6 Å². The summed E-state index contributed by atoms with van der Waals surface area (Å²) < 4.78 is 0. The van der Waals surface area contributed by atoms with E-state index in [0.717, 1.165) is 18.7 Å². The van der Waals surface area contributed by atoms with Crippen LogP contribution in [-0.2, 0) is 4.79 Å². The quantitative estimate of drug-likeness (QED) is 0.846. The van der Waals surface area contributed by atoms with Gasteiger partial charge < -0.3 is 15.3 Å². The van der Waals surface area contributed by atoms with Crippen LogP contribution in [0.15, 0.2) is 18.2 Å². The summed E-state index contributed by atoms with van der Waals surface area (Å²) in [4.78, 5) is 14.1. The van der Waals surface area contributed by atoms with Crippen LogP contribution in [0.2, 0.25) is 0 Å². The van der Waals surface area contributed by atoms with Crippen molar-refractivity contribution in [3.05, 3.63) is 29.3 Å². The number of aryl methyl sites for hydroxylation is 2. The lowest BCUT2D eigenvalue weighted by molar-refractivity contribution is -0.123. The van der Waals surface area contributed by atoms with Gasteiger partial charge in [-0.1, -0.05) is 6.07 Å². The number of carbonyl (C=O) groups is 1. The van der Waals surface area contributed by atoms with Crippen LogP contribution in [0, 0.1) is 13.8 Å². The number of nitrogens with one attached hydrogen (secondary N) is 1. The molecule has 4 heteroatoms. The molecule has 1 heterocycles. The van der Waals surface area contributed by atoms with Crippen LogP contribution < -0.4 is 10.2 Å². The Morgan fingerprint density at radius 2 is 1.95 bits per heavy atom. The lowest BCUT2D eigenvalue weighted by atomic mass is 10.1. The number of amides is 1. The molecule has 4 nitrogen and oxygen atoms in total. The van der Waals surface area contributed by atoms with E-state index < -0.39 is 6.04 Å². The highest BCUT2D eigenvalue weighted by Crippen LogP contribution is 2.23. The number of nitrogens with zero attached hydrogens (tertiary/aromatic N) is 1. The van der Waals surface area contributed by atoms with Gasteiger partial charge in [-0.05, 0) is 50.5 Å². The van der Waals surface area contributed by atoms with E-state index in [9.17, 15) is 9.90 Å². The van der Waals surface area contributed by atoms with Crippen molar-refractivity contribution >= 4 is 11.6 Å². The van der Waals surface area contributed by atoms with Gasteiger partial charge >= 0.3 is 0 Å². The molecule has 0 aromatic heterocycles. The van der Waals surface area contributed by atoms with Crippen molar-refractivity contribution in [1.29, 1.82) is 0 Å². The number of benzene rings is 1. The fraction of sp³-hybridized carbons (Fsp3) is 0.533. The molecular weight excluding hydrogens is 240 g/mol. The molecule has 2 unspecified atom stereocenters. The Morgan fingerprint density at radius 3 is 2.53 bits per heavy atom. The predicted molar refractivity (Wildman–Crippen MR) is 76.4 cm³/mol. The molecule has 2 N–H and O–H groups in total. The maximum atomic E-state index is 12.1. The van der Waals surface area contributed by atoms with E-state index in [1.807, 2.05) is 25.7 Å². The van der Waals surface area contributed by atoms with Crippen molar-refractivity contribution in [2.75, 3.05) is 18.1 Å². The minimum Gasteiger partial charge on any atom is -0.394 e. The zero-order valence-electron chi connectivity index (χ0n) is 11.8. The van der Waals surface area contributed by atoms with Gasteiger partial charge in [0.2, 0.25) is 5.91 Å². The summed E-state index contributed by atoms with van der Waals surface area (Å²) in [5.74, 6) is -0.0911. The van der Waals surface area contributed by atoms with E-state index in [2.05, 4.69) is 23.5 Å². The SMILES string of the molecule is Cc1cc(C)cc(N2CCC(C)NC(=O)C2CO)c1. The summed E-state index contributed by atoms with van der Waals surface area (Å²) in [6.07, 6.45) is 0.884. The first-order chi connectivity index (χ1) is 9.01. The highest BCUT2D eigenvalue weighted by Gasteiger charge is 2.29. The smallest absolute Gasteiger partial charge is 0.245 e. The summed E-state index contributed by atoms with van der Waals surface area (Å²) in [7, 11) is 0. The van der Waals surface area contributed by atoms with Crippen LogP contribution >= 0.6 is 0 Å². The number of rotatable bonds is 2. The molecule has 1 aliphatic heterocycles. The molecule has 0 saturated carbocycles. The van der Waals surface area contributed by atoms with Crippen LogP contribution in [0.25, 0.3) is 0 Å². The second-order valence-corrected chi connectivity index (χ2v) is 5.44. The monoisotopic (exact) mass is 262 g/mol. The molecule has 1 fully saturated rings. The van der Waals surface area contributed by atoms with E-state index in [1.54, 1.807) is 0 Å². The first-order valence-corrected chi connectivity index (χ1v) is 6.77. The number of hydrogen-bond donors (Lipinski definition) is 2. The molecule has 1 aromatic rings. The summed E-state index contributed by atoms with van der Waals surface area (Å²) in [6, 6.07) is 5.90. The number of aliphatic hydroxyl groups is 1. The van der Waals surface area contributed by atoms with Gasteiger partial charge in [0.25, 0.3) is 0 Å². The Labute approximate surface area is 114 Å². The minimum absolute atomic E-state index is 0.0911. The zero-order valence-corrected chi connectivity index (χ0v) is 11.8. The number of hydrogen-bond acceptors (Lipinski definition) is 3. The second-order valence-electron chi connectivity index (χ2n) is 5.44. The Balaban J connectivity index is 2.36. The topological polar surface area (TPSA) is 52.6 Å². The van der Waals surface area contributed by atoms with E-state index in [4.69, 9.17) is 0 Å². The molecule has 2 rings (SSSR count). The molecule has 1 saturated heterocycles. The Bertz CT molecular complexity index is 453. The van der Waals surface area contributed by atoms with Crippen molar-refractivity contribution < 1.29 is 9.90 Å². The van der Waals surface area contributed by atoms with Crippen molar-refractivity contribution in [2.24, 2.45) is 0 Å². The van der Waals surface area contributed by atoms with Crippen molar-refractivity contribution in [2.45, 2.75) is 39.3 Å². The zero-order chi connectivity index (χ0) is 14.0. The molecule has 0 aliphatic carbocycles. The van der Waals surface area contributed by atoms with E-state index >= 15 is 0 Å². The van der Waals surface area contributed by atoms with Gasteiger partial charge in [-0.15, -0.1) is 0 Å². The van der Waals surface area contributed by atoms with Crippen LogP contribution in [0.1, 0.15) is 24.5 Å². The molecule has 19 heavy (non-hydrogen) atoms. The van der Waals surface area contributed by atoms with Crippen molar-refractivity contribution in [3.8, 4) is 0 Å². The molecule has 2 atom stereocenters. The number of carbonyl (C=O) groups excluding carboxylic acids is 1. The van der Waals surface area contributed by atoms with Crippen LogP contribution in [0.3, 0.4) is 0 Å². The standard InChI is InChI=1S/C15H22N2O2/c1-10-6-11(2)8-13(7-10)17-5-4-12(3)16-15(19)14(17)9-18/h6-8,12,14,18H,4-5,9H2,1-3H3,(H,16,19). The highest BCUT2D eigenvalue weighted by molar-refractivity contribution is 5.86. The van der Waals surface area contributed by atoms with Crippen LogP contribution in [0.4, 0.5) is 5.69 Å². The van der Waals surface area contributed by atoms with Crippen molar-refractivity contribution in [3.63, 3.8) is 0 Å². The lowest BCUT2D eigenvalue weighted by Gasteiger charge is -2.29. The van der Waals surface area contributed by atoms with E-state index in [1.165, 1.54) is 11.1 Å². The fourth-order valence-electron chi connectivity index (χ4n) is 2.65. The van der Waals surface area contributed by atoms with Crippen LogP contribution in [-0.4, -0.2) is 36.2 Å². The Kier molecular flexibility index (Phi) is 4.10. The van der Waals surface area contributed by atoms with Gasteiger partial charge in [0, 0.05) is 18.3 Å². The summed E-state index contributed by atoms with van der Waals surface area (Å²) in [6.45, 7) is 6.70. The maximum Gasteiger partial charge on any atom is 0.245 e. The lowest BCUT2D eigenvalue weighted by Crippen LogP contribution is -2.47. The minimum atomic E-state index is -0.494. The Morgan fingerprint density at radius 1 is 1.32 bits per heavy atom. The fourth-order valence-corrected chi connectivity index (χ4v) is 2.65. The highest BCUT2D eigenvalue weighted by atomic mass is 16.3. The van der Waals surface area contributed by atoms with Gasteiger partial charge in [0.15, 0.2) is 0 Å².